The molecule has 1 atom stereocenters. The van der Waals surface area contributed by atoms with E-state index in [0.717, 1.165) is 53.1 Å². The van der Waals surface area contributed by atoms with Gasteiger partial charge in [0.2, 0.25) is 5.91 Å². The summed E-state index contributed by atoms with van der Waals surface area (Å²) in [5.41, 5.74) is 4.10. The predicted molar refractivity (Wildman–Crippen MR) is 112 cm³/mol. The third-order valence-electron chi connectivity index (χ3n) is 5.53. The minimum Gasteiger partial charge on any atom is -0.496 e. The van der Waals surface area contributed by atoms with Crippen LogP contribution in [0.2, 0.25) is 0 Å². The van der Waals surface area contributed by atoms with E-state index in [9.17, 15) is 4.79 Å². The minimum atomic E-state index is 0.199. The van der Waals surface area contributed by atoms with Gasteiger partial charge in [0.1, 0.15) is 11.4 Å². The molecule has 6 nitrogen and oxygen atoms in total. The number of para-hydroxylation sites is 1. The third-order valence-corrected chi connectivity index (χ3v) is 5.53. The maximum absolute atomic E-state index is 12.0. The van der Waals surface area contributed by atoms with E-state index in [1.165, 1.54) is 0 Å². The van der Waals surface area contributed by atoms with Gasteiger partial charge >= 0.3 is 0 Å². The van der Waals surface area contributed by atoms with Crippen LogP contribution in [-0.2, 0) is 4.79 Å². The number of carbonyl (C=O) groups is 1. The number of benzene rings is 1. The molecule has 1 fully saturated rings. The first kappa shape index (κ1) is 18.3. The van der Waals surface area contributed by atoms with Gasteiger partial charge in [0.15, 0.2) is 0 Å². The van der Waals surface area contributed by atoms with Gasteiger partial charge in [0.05, 0.1) is 19.0 Å². The van der Waals surface area contributed by atoms with Gasteiger partial charge in [0.25, 0.3) is 0 Å². The van der Waals surface area contributed by atoms with Crippen LogP contribution in [0.3, 0.4) is 0 Å². The highest BCUT2D eigenvalue weighted by Gasteiger charge is 2.26. The molecule has 0 aliphatic carbocycles. The van der Waals surface area contributed by atoms with Crippen molar-refractivity contribution in [2.75, 3.05) is 39.2 Å². The average molecular weight is 378 g/mol. The number of hydrogen-bond acceptors (Lipinski definition) is 4. The number of nitrogens with one attached hydrogen (secondary N) is 1. The van der Waals surface area contributed by atoms with Gasteiger partial charge in [0, 0.05) is 56.3 Å². The number of ether oxygens (including phenoxy) is 1. The van der Waals surface area contributed by atoms with E-state index >= 15 is 0 Å². The summed E-state index contributed by atoms with van der Waals surface area (Å²) >= 11 is 0. The van der Waals surface area contributed by atoms with Gasteiger partial charge < -0.3 is 19.5 Å². The molecular weight excluding hydrogens is 352 g/mol. The van der Waals surface area contributed by atoms with Crippen molar-refractivity contribution < 1.29 is 9.53 Å². The summed E-state index contributed by atoms with van der Waals surface area (Å²) in [5.74, 6) is 1.44. The van der Waals surface area contributed by atoms with Crippen LogP contribution in [0.1, 0.15) is 12.8 Å². The van der Waals surface area contributed by atoms with E-state index < -0.39 is 0 Å². The molecule has 28 heavy (non-hydrogen) atoms. The van der Waals surface area contributed by atoms with E-state index in [-0.39, 0.29) is 5.91 Å². The van der Waals surface area contributed by atoms with E-state index in [2.05, 4.69) is 27.0 Å². The van der Waals surface area contributed by atoms with Gasteiger partial charge in [-0.3, -0.25) is 4.79 Å². The van der Waals surface area contributed by atoms with Crippen molar-refractivity contribution in [1.82, 2.24) is 14.9 Å². The van der Waals surface area contributed by atoms with Gasteiger partial charge in [-0.1, -0.05) is 18.2 Å². The Kier molecular flexibility index (Phi) is 4.94. The second-order valence-electron chi connectivity index (χ2n) is 7.59. The zero-order valence-corrected chi connectivity index (χ0v) is 16.6. The van der Waals surface area contributed by atoms with Crippen LogP contribution in [0.4, 0.5) is 5.69 Å². The Morgan fingerprint density at radius 3 is 2.93 bits per heavy atom. The van der Waals surface area contributed by atoms with Gasteiger partial charge in [-0.25, -0.2) is 4.98 Å². The smallest absolute Gasteiger partial charge is 0.222 e. The SMILES string of the molecule is COc1ccccc1-c1c[nH]c2ncc(N3CCC(CC(=O)N(C)C)C3)cc12. The molecule has 0 spiro atoms. The Hall–Kier alpha value is -3.02. The molecule has 0 bridgehead atoms. The van der Waals surface area contributed by atoms with Crippen LogP contribution >= 0.6 is 0 Å². The van der Waals surface area contributed by atoms with Crippen LogP contribution < -0.4 is 9.64 Å². The molecule has 3 aromatic rings. The Bertz CT molecular complexity index is 995. The quantitative estimate of drug-likeness (QED) is 0.738. The molecule has 3 heterocycles. The van der Waals surface area contributed by atoms with Crippen molar-refractivity contribution in [3.05, 3.63) is 42.7 Å². The monoisotopic (exact) mass is 378 g/mol. The molecule has 0 saturated carbocycles. The maximum Gasteiger partial charge on any atom is 0.222 e. The fourth-order valence-electron chi connectivity index (χ4n) is 3.92. The highest BCUT2D eigenvalue weighted by molar-refractivity contribution is 5.96. The third kappa shape index (κ3) is 3.42. The Morgan fingerprint density at radius 2 is 2.14 bits per heavy atom. The zero-order chi connectivity index (χ0) is 19.7. The van der Waals surface area contributed by atoms with Crippen molar-refractivity contribution in [2.24, 2.45) is 5.92 Å². The van der Waals surface area contributed by atoms with E-state index in [4.69, 9.17) is 4.74 Å². The number of nitrogens with zero attached hydrogens (tertiary/aromatic N) is 3. The molecule has 146 valence electrons. The van der Waals surface area contributed by atoms with Crippen LogP contribution in [0.15, 0.2) is 42.7 Å². The molecule has 1 amide bonds. The molecule has 0 radical (unpaired) electrons. The standard InChI is InChI=1S/C22H26N4O2/c1-25(2)21(27)10-15-8-9-26(14-15)16-11-18-19(13-24-22(18)23-12-16)17-6-4-5-7-20(17)28-3/h4-7,11-13,15H,8-10,14H2,1-3H3,(H,23,24). The van der Waals surface area contributed by atoms with E-state index in [1.807, 2.05) is 44.7 Å². The molecule has 1 aromatic carbocycles. The first-order valence-corrected chi connectivity index (χ1v) is 9.62. The lowest BCUT2D eigenvalue weighted by atomic mass is 10.0. The first-order chi connectivity index (χ1) is 13.6. The van der Waals surface area contributed by atoms with Gasteiger partial charge in [-0.15, -0.1) is 0 Å². The van der Waals surface area contributed by atoms with E-state index in [0.29, 0.717) is 12.3 Å². The highest BCUT2D eigenvalue weighted by Crippen LogP contribution is 2.36. The number of carbonyl (C=O) groups excluding carboxylic acids is 1. The number of pyridine rings is 1. The summed E-state index contributed by atoms with van der Waals surface area (Å²) in [5, 5.41) is 1.08. The number of amides is 1. The van der Waals surface area contributed by atoms with Crippen LogP contribution in [0.25, 0.3) is 22.2 Å². The number of rotatable bonds is 5. The summed E-state index contributed by atoms with van der Waals surface area (Å²) < 4.78 is 5.54. The van der Waals surface area contributed by atoms with Crippen molar-refractivity contribution in [2.45, 2.75) is 12.8 Å². The lowest BCUT2D eigenvalue weighted by Crippen LogP contribution is -2.26. The van der Waals surface area contributed by atoms with Gasteiger partial charge in [-0.05, 0) is 24.5 Å². The predicted octanol–water partition coefficient (Wildman–Crippen LogP) is 3.54. The topological polar surface area (TPSA) is 61.5 Å². The second kappa shape index (κ2) is 7.54. The molecule has 2 aromatic heterocycles. The minimum absolute atomic E-state index is 0.199. The number of aromatic amines is 1. The van der Waals surface area contributed by atoms with Crippen LogP contribution in [-0.4, -0.2) is 55.1 Å². The molecule has 1 saturated heterocycles. The van der Waals surface area contributed by atoms with Crippen molar-refractivity contribution in [1.29, 1.82) is 0 Å². The van der Waals surface area contributed by atoms with E-state index in [1.54, 1.807) is 12.0 Å². The largest absolute Gasteiger partial charge is 0.496 e. The second-order valence-corrected chi connectivity index (χ2v) is 7.59. The average Bonchev–Trinajstić information content (AvgIpc) is 3.34. The molecular formula is C22H26N4O2. The fraction of sp³-hybridized carbons (Fsp3) is 0.364. The number of H-pyrrole nitrogens is 1. The highest BCUT2D eigenvalue weighted by atomic mass is 16.5. The summed E-state index contributed by atoms with van der Waals surface area (Å²) in [6, 6.07) is 10.2. The molecule has 6 heteroatoms. The maximum atomic E-state index is 12.0. The lowest BCUT2D eigenvalue weighted by Gasteiger charge is -2.19. The lowest BCUT2D eigenvalue weighted by molar-refractivity contribution is -0.129. The molecule has 1 aliphatic heterocycles. The molecule has 1 N–H and O–H groups in total. The number of hydrogen-bond donors (Lipinski definition) is 1. The summed E-state index contributed by atoms with van der Waals surface area (Å²) in [7, 11) is 5.33. The number of methoxy groups -OCH3 is 1. The Morgan fingerprint density at radius 1 is 1.32 bits per heavy atom. The zero-order valence-electron chi connectivity index (χ0n) is 16.6. The normalized spacial score (nSPS) is 16.5. The fourth-order valence-corrected chi connectivity index (χ4v) is 3.92. The molecule has 1 unspecified atom stereocenters. The summed E-state index contributed by atoms with van der Waals surface area (Å²) in [4.78, 5) is 23.9. The number of anilines is 1. The molecule has 1 aliphatic rings. The van der Waals surface area contributed by atoms with Crippen LogP contribution in [0.5, 0.6) is 5.75 Å². The summed E-state index contributed by atoms with van der Waals surface area (Å²) in [6.07, 6.45) is 5.54. The van der Waals surface area contributed by atoms with Gasteiger partial charge in [-0.2, -0.15) is 0 Å². The number of aromatic nitrogens is 2. The van der Waals surface area contributed by atoms with Crippen molar-refractivity contribution in [3.8, 4) is 16.9 Å². The first-order valence-electron chi connectivity index (χ1n) is 9.62. The van der Waals surface area contributed by atoms with Crippen molar-refractivity contribution in [3.63, 3.8) is 0 Å². The van der Waals surface area contributed by atoms with Crippen LogP contribution in [0, 0.1) is 5.92 Å². The Balaban J connectivity index is 1.61. The summed E-state index contributed by atoms with van der Waals surface area (Å²) in [6.45, 7) is 1.84. The van der Waals surface area contributed by atoms with Crippen molar-refractivity contribution >= 4 is 22.6 Å². The number of fused-ring (bicyclic) bond motifs is 1. The Labute approximate surface area is 165 Å². The molecule has 4 rings (SSSR count).